The van der Waals surface area contributed by atoms with Crippen LogP contribution in [0.15, 0.2) is 22.7 Å². The predicted octanol–water partition coefficient (Wildman–Crippen LogP) is 5.04. The highest BCUT2D eigenvalue weighted by Gasteiger charge is 2.46. The van der Waals surface area contributed by atoms with Gasteiger partial charge in [0.1, 0.15) is 45.5 Å². The van der Waals surface area contributed by atoms with Gasteiger partial charge in [-0.25, -0.2) is 0 Å². The lowest BCUT2D eigenvalue weighted by molar-refractivity contribution is -0.128. The van der Waals surface area contributed by atoms with Crippen molar-refractivity contribution in [1.29, 1.82) is 0 Å². The number of aliphatic hydroxyl groups is 2. The number of allylic oxidation sites excluding steroid dienone is 3. The Balaban J connectivity index is 2.30. The summed E-state index contributed by atoms with van der Waals surface area (Å²) in [4.78, 5) is 39.0. The molecule has 1 aromatic rings. The van der Waals surface area contributed by atoms with E-state index in [-0.39, 0.29) is 28.2 Å². The molecule has 1 heterocycles. The average Bonchev–Trinajstić information content (AvgIpc) is 2.76. The van der Waals surface area contributed by atoms with E-state index in [1.54, 1.807) is 27.7 Å². The number of aliphatic hydroxyl groups excluding tert-OH is 2. The van der Waals surface area contributed by atoms with E-state index in [0.29, 0.717) is 18.4 Å². The number of Topliss-reactive ketones (excluding diaryl/α,β-unsaturated/α-hetero) is 3. The summed E-state index contributed by atoms with van der Waals surface area (Å²) in [7, 11) is 0. The lowest BCUT2D eigenvalue weighted by Gasteiger charge is -2.35. The molecule has 0 saturated heterocycles. The molecule has 0 atom stereocenters. The van der Waals surface area contributed by atoms with Gasteiger partial charge < -0.3 is 25.2 Å². The van der Waals surface area contributed by atoms with Gasteiger partial charge in [0.15, 0.2) is 17.3 Å². The molecule has 36 heavy (non-hydrogen) atoms. The standard InChI is InChI=1S/C28H36O8/c1-12(2)19(29)17-22(32)15(21(31)14-9-10-27(5,6)36-24(14)17)11-16-23(33)18(20(30)13(3)4)26(35)28(7,8)25(16)34/h12-13,31-34H,9-11H2,1-8H3. The Morgan fingerprint density at radius 1 is 0.917 bits per heavy atom. The van der Waals surface area contributed by atoms with Crippen molar-refractivity contribution in [1.82, 2.24) is 0 Å². The number of carbonyl (C=O) groups excluding carboxylic acids is 3. The van der Waals surface area contributed by atoms with Crippen LogP contribution in [0.4, 0.5) is 0 Å². The van der Waals surface area contributed by atoms with Crippen LogP contribution in [-0.2, 0) is 22.4 Å². The summed E-state index contributed by atoms with van der Waals surface area (Å²) in [5.41, 5.74) is -2.58. The minimum Gasteiger partial charge on any atom is -0.511 e. The van der Waals surface area contributed by atoms with Gasteiger partial charge >= 0.3 is 0 Å². The number of benzene rings is 1. The summed E-state index contributed by atoms with van der Waals surface area (Å²) in [6.07, 6.45) is 0.491. The SMILES string of the molecule is CC(C)C(=O)C1=C(O)C(Cc2c(O)c3c(c(C(=O)C(C)C)c2O)OC(C)(C)CC3)=C(O)C(C)(C)C1=O. The van der Waals surface area contributed by atoms with Crippen LogP contribution in [0.1, 0.15) is 83.3 Å². The lowest BCUT2D eigenvalue weighted by Crippen LogP contribution is -2.38. The van der Waals surface area contributed by atoms with Crippen LogP contribution < -0.4 is 4.74 Å². The molecule has 8 nitrogen and oxygen atoms in total. The Morgan fingerprint density at radius 2 is 1.47 bits per heavy atom. The number of hydrogen-bond donors (Lipinski definition) is 4. The molecule has 8 heteroatoms. The zero-order valence-electron chi connectivity index (χ0n) is 22.2. The van der Waals surface area contributed by atoms with Crippen LogP contribution in [-0.4, -0.2) is 43.4 Å². The van der Waals surface area contributed by atoms with E-state index in [1.165, 1.54) is 13.8 Å². The number of rotatable bonds is 6. The van der Waals surface area contributed by atoms with Crippen molar-refractivity contribution in [2.24, 2.45) is 17.3 Å². The molecule has 2 aliphatic rings. The number of phenols is 2. The molecular formula is C28H36O8. The molecule has 0 spiro atoms. The number of hydrogen-bond acceptors (Lipinski definition) is 8. The monoisotopic (exact) mass is 500 g/mol. The van der Waals surface area contributed by atoms with E-state index in [4.69, 9.17) is 4.74 Å². The summed E-state index contributed by atoms with van der Waals surface area (Å²) in [6, 6.07) is 0. The van der Waals surface area contributed by atoms with Gasteiger partial charge in [-0.15, -0.1) is 0 Å². The number of fused-ring (bicyclic) bond motifs is 1. The minimum absolute atomic E-state index is 0.0752. The molecule has 1 aromatic carbocycles. The quantitative estimate of drug-likeness (QED) is 0.314. The first-order chi connectivity index (χ1) is 16.4. The molecule has 0 amide bonds. The molecule has 196 valence electrons. The number of carbonyl (C=O) groups is 3. The fraction of sp³-hybridized carbons (Fsp3) is 0.536. The maximum atomic E-state index is 13.2. The second-order valence-corrected chi connectivity index (χ2v) is 11.4. The van der Waals surface area contributed by atoms with Gasteiger partial charge in [0, 0.05) is 35.0 Å². The fourth-order valence-electron chi connectivity index (χ4n) is 4.62. The molecule has 0 radical (unpaired) electrons. The fourth-order valence-corrected chi connectivity index (χ4v) is 4.62. The molecule has 3 rings (SSSR count). The predicted molar refractivity (Wildman–Crippen MR) is 134 cm³/mol. The van der Waals surface area contributed by atoms with Crippen molar-refractivity contribution >= 4 is 17.3 Å². The van der Waals surface area contributed by atoms with Gasteiger partial charge in [-0.3, -0.25) is 14.4 Å². The van der Waals surface area contributed by atoms with E-state index in [0.717, 1.165) is 0 Å². The molecule has 0 fully saturated rings. The number of ketones is 3. The Hall–Kier alpha value is -3.29. The van der Waals surface area contributed by atoms with E-state index in [1.807, 2.05) is 13.8 Å². The summed E-state index contributed by atoms with van der Waals surface area (Å²) in [5.74, 6) is -4.67. The Bertz CT molecular complexity index is 1220. The normalized spacial score (nSPS) is 19.0. The third kappa shape index (κ3) is 4.27. The van der Waals surface area contributed by atoms with Crippen LogP contribution in [0, 0.1) is 17.3 Å². The van der Waals surface area contributed by atoms with Gasteiger partial charge in [0.2, 0.25) is 0 Å². The minimum atomic E-state index is -1.52. The van der Waals surface area contributed by atoms with Gasteiger partial charge in [0.25, 0.3) is 0 Å². The Labute approximate surface area is 211 Å². The molecule has 0 unspecified atom stereocenters. The van der Waals surface area contributed by atoms with Gasteiger partial charge in [-0.1, -0.05) is 27.7 Å². The highest BCUT2D eigenvalue weighted by Crippen LogP contribution is 2.50. The molecule has 1 aliphatic carbocycles. The second kappa shape index (κ2) is 8.98. The number of phenolic OH excluding ortho intramolecular Hbond substituents is 2. The van der Waals surface area contributed by atoms with Crippen molar-refractivity contribution in [3.8, 4) is 17.2 Å². The summed E-state index contributed by atoms with van der Waals surface area (Å²) < 4.78 is 6.04. The van der Waals surface area contributed by atoms with Crippen LogP contribution in [0.5, 0.6) is 17.2 Å². The van der Waals surface area contributed by atoms with Gasteiger partial charge in [-0.05, 0) is 40.5 Å². The number of ether oxygens (including phenoxy) is 1. The maximum Gasteiger partial charge on any atom is 0.183 e. The topological polar surface area (TPSA) is 141 Å². The summed E-state index contributed by atoms with van der Waals surface area (Å²) in [5, 5.41) is 44.5. The molecule has 1 aliphatic heterocycles. The molecule has 0 aromatic heterocycles. The zero-order chi connectivity index (χ0) is 27.5. The summed E-state index contributed by atoms with van der Waals surface area (Å²) in [6.45, 7) is 13.1. The highest BCUT2D eigenvalue weighted by atomic mass is 16.5. The first-order valence-electron chi connectivity index (χ1n) is 12.2. The second-order valence-electron chi connectivity index (χ2n) is 11.4. The smallest absolute Gasteiger partial charge is 0.183 e. The molecule has 0 bridgehead atoms. The molecular weight excluding hydrogens is 464 g/mol. The van der Waals surface area contributed by atoms with E-state index >= 15 is 0 Å². The first kappa shape index (κ1) is 27.3. The molecule has 4 N–H and O–H groups in total. The van der Waals surface area contributed by atoms with Crippen LogP contribution in [0.25, 0.3) is 0 Å². The Morgan fingerprint density at radius 3 is 2.00 bits per heavy atom. The Kier molecular flexibility index (Phi) is 6.81. The largest absolute Gasteiger partial charge is 0.511 e. The third-order valence-electron chi connectivity index (χ3n) is 7.04. The van der Waals surface area contributed by atoms with Crippen molar-refractivity contribution in [3.05, 3.63) is 39.4 Å². The summed E-state index contributed by atoms with van der Waals surface area (Å²) >= 11 is 0. The lowest BCUT2D eigenvalue weighted by atomic mass is 9.72. The van der Waals surface area contributed by atoms with Crippen molar-refractivity contribution in [2.75, 3.05) is 0 Å². The van der Waals surface area contributed by atoms with Crippen molar-refractivity contribution in [3.63, 3.8) is 0 Å². The van der Waals surface area contributed by atoms with Crippen molar-refractivity contribution < 1.29 is 39.5 Å². The number of aromatic hydroxyl groups is 2. The molecule has 0 saturated carbocycles. The van der Waals surface area contributed by atoms with Crippen molar-refractivity contribution in [2.45, 2.75) is 80.3 Å². The average molecular weight is 501 g/mol. The zero-order valence-corrected chi connectivity index (χ0v) is 22.2. The maximum absolute atomic E-state index is 13.2. The van der Waals surface area contributed by atoms with E-state index in [9.17, 15) is 34.8 Å². The van der Waals surface area contributed by atoms with Crippen LogP contribution in [0.2, 0.25) is 0 Å². The third-order valence-corrected chi connectivity index (χ3v) is 7.04. The van der Waals surface area contributed by atoms with E-state index < -0.39 is 69.5 Å². The van der Waals surface area contributed by atoms with E-state index in [2.05, 4.69) is 0 Å². The highest BCUT2D eigenvalue weighted by molar-refractivity contribution is 6.24. The van der Waals surface area contributed by atoms with Crippen LogP contribution in [0.3, 0.4) is 0 Å². The van der Waals surface area contributed by atoms with Gasteiger partial charge in [0.05, 0.1) is 5.41 Å². The van der Waals surface area contributed by atoms with Crippen LogP contribution >= 0.6 is 0 Å². The first-order valence-corrected chi connectivity index (χ1v) is 12.2. The van der Waals surface area contributed by atoms with Gasteiger partial charge in [-0.2, -0.15) is 0 Å².